The zero-order valence-corrected chi connectivity index (χ0v) is 22.1. The van der Waals surface area contributed by atoms with Gasteiger partial charge in [0.15, 0.2) is 0 Å². The zero-order valence-electron chi connectivity index (χ0n) is 21.2. The molecule has 1 heterocycles. The van der Waals surface area contributed by atoms with Crippen molar-refractivity contribution in [3.63, 3.8) is 0 Å². The van der Waals surface area contributed by atoms with Crippen LogP contribution in [-0.4, -0.2) is 36.6 Å². The average molecular weight is 523 g/mol. The van der Waals surface area contributed by atoms with Gasteiger partial charge in [0, 0.05) is 24.5 Å². The van der Waals surface area contributed by atoms with Crippen molar-refractivity contribution in [3.8, 4) is 0 Å². The molecule has 0 aromatic heterocycles. The summed E-state index contributed by atoms with van der Waals surface area (Å²) in [7, 11) is -4.01. The second-order valence-electron chi connectivity index (χ2n) is 10.3. The van der Waals surface area contributed by atoms with Crippen LogP contribution in [0.4, 0.5) is 0 Å². The van der Waals surface area contributed by atoms with Gasteiger partial charge >= 0.3 is 0 Å². The Labute approximate surface area is 218 Å². The van der Waals surface area contributed by atoms with Crippen molar-refractivity contribution < 1.29 is 18.0 Å². The summed E-state index contributed by atoms with van der Waals surface area (Å²) in [5.74, 6) is -0.885. The van der Waals surface area contributed by atoms with Gasteiger partial charge in [0.2, 0.25) is 11.8 Å². The molecule has 2 amide bonds. The highest BCUT2D eigenvalue weighted by Gasteiger charge is 2.37. The number of benzene rings is 2. The summed E-state index contributed by atoms with van der Waals surface area (Å²) in [5, 5.41) is 9.25. The van der Waals surface area contributed by atoms with Gasteiger partial charge in [-0.2, -0.15) is 0 Å². The van der Waals surface area contributed by atoms with Crippen LogP contribution in [-0.2, 0) is 26.0 Å². The molecule has 1 aliphatic heterocycles. The molecule has 196 valence electrons. The summed E-state index contributed by atoms with van der Waals surface area (Å²) >= 11 is 0. The first-order chi connectivity index (χ1) is 17.7. The predicted molar refractivity (Wildman–Crippen MR) is 141 cm³/mol. The van der Waals surface area contributed by atoms with E-state index in [1.165, 1.54) is 48.5 Å². The van der Waals surface area contributed by atoms with E-state index in [1.807, 2.05) is 6.92 Å². The molecule has 2 aromatic carbocycles. The highest BCUT2D eigenvalue weighted by molar-refractivity contribution is 7.89. The Balaban J connectivity index is 1.30. The van der Waals surface area contributed by atoms with E-state index in [2.05, 4.69) is 41.1 Å². The number of carbonyl (C=O) groups is 2. The smallest absolute Gasteiger partial charge is 0.264 e. The largest absolute Gasteiger partial charge is 0.349 e. The number of hydrogen-bond acceptors (Lipinski definition) is 5. The first kappa shape index (κ1) is 25.5. The molecule has 9 heteroatoms. The Hall–Kier alpha value is -3.17. The third-order valence-corrected chi connectivity index (χ3v) is 9.21. The van der Waals surface area contributed by atoms with Crippen molar-refractivity contribution in [1.82, 2.24) is 20.3 Å². The standard InChI is InChI=1S/C28H34N4O4S/c1-18-6-11-23(12-7-18)37(35,36)32-15-14-29-28(34)26(32)17-27(33)31-25-5-3-4-21-16-20(8-13-24(21)25)19(2)30-22-9-10-22/h6-8,11-16,19,22,25-26,30H,3-5,9-10,17H2,1-2H3,(H,29,34)(H,31,33)/t19-,25?,26-/m1/s1. The molecule has 1 unspecified atom stereocenters. The Kier molecular flexibility index (Phi) is 7.09. The van der Waals surface area contributed by atoms with E-state index in [9.17, 15) is 18.0 Å². The minimum Gasteiger partial charge on any atom is -0.349 e. The normalized spacial score (nSPS) is 22.2. The lowest BCUT2D eigenvalue weighted by molar-refractivity contribution is -0.129. The minimum absolute atomic E-state index is 0.0743. The summed E-state index contributed by atoms with van der Waals surface area (Å²) in [6, 6.07) is 12.5. The molecule has 0 radical (unpaired) electrons. The van der Waals surface area contributed by atoms with Crippen molar-refractivity contribution in [2.75, 3.05) is 0 Å². The second-order valence-corrected chi connectivity index (χ2v) is 12.2. The molecular weight excluding hydrogens is 488 g/mol. The Morgan fingerprint density at radius 3 is 2.62 bits per heavy atom. The third-order valence-electron chi connectivity index (χ3n) is 7.41. The fourth-order valence-electron chi connectivity index (χ4n) is 5.15. The lowest BCUT2D eigenvalue weighted by atomic mass is 9.85. The maximum atomic E-state index is 13.3. The van der Waals surface area contributed by atoms with Gasteiger partial charge in [0.25, 0.3) is 10.0 Å². The first-order valence-corrected chi connectivity index (χ1v) is 14.4. The van der Waals surface area contributed by atoms with Crippen LogP contribution in [0, 0.1) is 6.92 Å². The highest BCUT2D eigenvalue weighted by atomic mass is 32.2. The summed E-state index contributed by atoms with van der Waals surface area (Å²) in [6.45, 7) is 4.05. The van der Waals surface area contributed by atoms with Crippen LogP contribution in [0.5, 0.6) is 0 Å². The molecule has 0 spiro atoms. The molecule has 2 aromatic rings. The third kappa shape index (κ3) is 5.57. The fourth-order valence-corrected chi connectivity index (χ4v) is 6.60. The van der Waals surface area contributed by atoms with Crippen molar-refractivity contribution in [1.29, 1.82) is 0 Å². The predicted octanol–water partition coefficient (Wildman–Crippen LogP) is 3.35. The molecule has 3 aliphatic rings. The van der Waals surface area contributed by atoms with Gasteiger partial charge in [-0.3, -0.25) is 13.9 Å². The maximum absolute atomic E-state index is 13.3. The van der Waals surface area contributed by atoms with Crippen LogP contribution < -0.4 is 16.0 Å². The summed E-state index contributed by atoms with van der Waals surface area (Å²) in [6.07, 6.45) is 7.52. The van der Waals surface area contributed by atoms with E-state index in [0.717, 1.165) is 34.7 Å². The Bertz CT molecular complexity index is 1320. The number of carbonyl (C=O) groups excluding carboxylic acids is 2. The van der Waals surface area contributed by atoms with Crippen molar-refractivity contribution in [2.24, 2.45) is 0 Å². The van der Waals surface area contributed by atoms with Gasteiger partial charge in [0.1, 0.15) is 6.04 Å². The minimum atomic E-state index is -4.01. The lowest BCUT2D eigenvalue weighted by Gasteiger charge is -2.32. The van der Waals surface area contributed by atoms with Crippen molar-refractivity contribution in [2.45, 2.75) is 81.4 Å². The topological polar surface area (TPSA) is 108 Å². The number of amides is 2. The molecule has 0 saturated heterocycles. The fraction of sp³-hybridized carbons (Fsp3) is 0.429. The SMILES string of the molecule is Cc1ccc(S(=O)(=O)N2C=CNC(=O)[C@H]2CC(=O)NC2CCCc3cc([C@@H](C)NC4CC4)ccc32)cc1. The van der Waals surface area contributed by atoms with E-state index in [4.69, 9.17) is 0 Å². The van der Waals surface area contributed by atoms with Crippen molar-refractivity contribution in [3.05, 3.63) is 77.1 Å². The number of hydrogen-bond donors (Lipinski definition) is 3. The molecule has 2 aliphatic carbocycles. The van der Waals surface area contributed by atoms with Crippen LogP contribution in [0.3, 0.4) is 0 Å². The number of aryl methyl sites for hydroxylation is 2. The number of nitrogens with zero attached hydrogens (tertiary/aromatic N) is 1. The van der Waals surface area contributed by atoms with Gasteiger partial charge < -0.3 is 16.0 Å². The van der Waals surface area contributed by atoms with E-state index < -0.39 is 22.0 Å². The van der Waals surface area contributed by atoms with Gasteiger partial charge in [-0.05, 0) is 74.8 Å². The van der Waals surface area contributed by atoms with Gasteiger partial charge in [-0.15, -0.1) is 0 Å². The molecule has 8 nitrogen and oxygen atoms in total. The molecule has 1 saturated carbocycles. The summed E-state index contributed by atoms with van der Waals surface area (Å²) < 4.78 is 27.6. The van der Waals surface area contributed by atoms with Crippen LogP contribution in [0.15, 0.2) is 59.8 Å². The quantitative estimate of drug-likeness (QED) is 0.493. The molecule has 3 N–H and O–H groups in total. The van der Waals surface area contributed by atoms with Crippen LogP contribution >= 0.6 is 0 Å². The van der Waals surface area contributed by atoms with Crippen molar-refractivity contribution >= 4 is 21.8 Å². The molecule has 5 rings (SSSR count). The van der Waals surface area contributed by atoms with Gasteiger partial charge in [-0.1, -0.05) is 35.9 Å². The summed E-state index contributed by atoms with van der Waals surface area (Å²) in [5.41, 5.74) is 4.51. The highest BCUT2D eigenvalue weighted by Crippen LogP contribution is 2.33. The van der Waals surface area contributed by atoms with Gasteiger partial charge in [-0.25, -0.2) is 8.42 Å². The molecule has 37 heavy (non-hydrogen) atoms. The average Bonchev–Trinajstić information content (AvgIpc) is 3.69. The van der Waals surface area contributed by atoms with E-state index in [1.54, 1.807) is 12.1 Å². The number of fused-ring (bicyclic) bond motifs is 1. The maximum Gasteiger partial charge on any atom is 0.264 e. The van der Waals surface area contributed by atoms with E-state index in [-0.39, 0.29) is 29.3 Å². The van der Waals surface area contributed by atoms with Crippen LogP contribution in [0.25, 0.3) is 0 Å². The first-order valence-electron chi connectivity index (χ1n) is 13.0. The number of sulfonamides is 1. The monoisotopic (exact) mass is 522 g/mol. The second kappa shape index (κ2) is 10.3. The summed E-state index contributed by atoms with van der Waals surface area (Å²) in [4.78, 5) is 25.9. The Morgan fingerprint density at radius 2 is 1.89 bits per heavy atom. The lowest BCUT2D eigenvalue weighted by Crippen LogP contribution is -2.51. The number of nitrogens with one attached hydrogen (secondary N) is 3. The van der Waals surface area contributed by atoms with Crippen LogP contribution in [0.1, 0.15) is 73.4 Å². The van der Waals surface area contributed by atoms with E-state index >= 15 is 0 Å². The van der Waals surface area contributed by atoms with Gasteiger partial charge in [0.05, 0.1) is 17.4 Å². The molecule has 0 bridgehead atoms. The molecule has 1 fully saturated rings. The Morgan fingerprint density at radius 1 is 1.14 bits per heavy atom. The molecule has 3 atom stereocenters. The number of rotatable bonds is 8. The van der Waals surface area contributed by atoms with E-state index in [0.29, 0.717) is 6.04 Å². The van der Waals surface area contributed by atoms with Crippen LogP contribution in [0.2, 0.25) is 0 Å². The molecular formula is C28H34N4O4S. The zero-order chi connectivity index (χ0) is 26.2.